The minimum Gasteiger partial charge on any atom is -0.381 e. The zero-order valence-electron chi connectivity index (χ0n) is 12.0. The number of aromatic amines is 1. The third-order valence-electron chi connectivity index (χ3n) is 4.09. The van der Waals surface area contributed by atoms with Crippen LogP contribution >= 0.6 is 0 Å². The summed E-state index contributed by atoms with van der Waals surface area (Å²) in [6.45, 7) is 1.53. The largest absolute Gasteiger partial charge is 0.381 e. The van der Waals surface area contributed by atoms with Crippen molar-refractivity contribution in [1.82, 2.24) is 19.6 Å². The van der Waals surface area contributed by atoms with Crippen LogP contribution in [0.15, 0.2) is 41.5 Å². The quantitative estimate of drug-likeness (QED) is 0.785. The molecule has 6 nitrogen and oxygen atoms in total. The SMILES string of the molecule is O=c1cc(-c2cccnc2)nc2cc(C3CCOCC3)[nH]n12. The number of pyridine rings is 1. The fourth-order valence-electron chi connectivity index (χ4n) is 2.89. The second kappa shape index (κ2) is 5.38. The van der Waals surface area contributed by atoms with Crippen LogP contribution in [0.4, 0.5) is 0 Å². The molecule has 0 spiro atoms. The Balaban J connectivity index is 1.79. The molecular weight excluding hydrogens is 280 g/mol. The van der Waals surface area contributed by atoms with E-state index >= 15 is 0 Å². The molecule has 1 N–H and O–H groups in total. The Hall–Kier alpha value is -2.47. The molecule has 4 heterocycles. The Bertz CT molecular complexity index is 847. The van der Waals surface area contributed by atoms with Crippen LogP contribution in [0.5, 0.6) is 0 Å². The van der Waals surface area contributed by atoms with E-state index in [0.29, 0.717) is 17.3 Å². The van der Waals surface area contributed by atoms with Gasteiger partial charge in [-0.05, 0) is 25.0 Å². The highest BCUT2D eigenvalue weighted by atomic mass is 16.5. The Kier molecular flexibility index (Phi) is 3.23. The fourth-order valence-corrected chi connectivity index (χ4v) is 2.89. The van der Waals surface area contributed by atoms with Crippen LogP contribution in [0, 0.1) is 0 Å². The molecule has 0 aliphatic carbocycles. The Labute approximate surface area is 126 Å². The molecule has 0 amide bonds. The molecule has 0 aromatic carbocycles. The van der Waals surface area contributed by atoms with Gasteiger partial charge in [0.15, 0.2) is 5.65 Å². The number of nitrogens with zero attached hydrogens (tertiary/aromatic N) is 3. The standard InChI is InChI=1S/C16H16N4O2/c21-16-9-13(12-2-1-5-17-10-12)18-15-8-14(19-20(15)16)11-3-6-22-7-4-11/h1-2,5,8-11,19H,3-4,6-7H2. The average Bonchev–Trinajstić information content (AvgIpc) is 3.01. The molecule has 22 heavy (non-hydrogen) atoms. The van der Waals surface area contributed by atoms with Gasteiger partial charge < -0.3 is 4.74 Å². The van der Waals surface area contributed by atoms with Crippen LogP contribution in [0.25, 0.3) is 16.9 Å². The third kappa shape index (κ3) is 2.31. The highest BCUT2D eigenvalue weighted by molar-refractivity contribution is 5.60. The molecule has 1 aliphatic rings. The predicted molar refractivity (Wildman–Crippen MR) is 81.8 cm³/mol. The van der Waals surface area contributed by atoms with Gasteiger partial charge >= 0.3 is 0 Å². The molecule has 0 saturated carbocycles. The molecule has 1 saturated heterocycles. The molecule has 0 unspecified atom stereocenters. The van der Waals surface area contributed by atoms with Crippen molar-refractivity contribution in [3.05, 3.63) is 52.7 Å². The van der Waals surface area contributed by atoms with Gasteiger partial charge in [-0.2, -0.15) is 0 Å². The molecule has 3 aromatic rings. The summed E-state index contributed by atoms with van der Waals surface area (Å²) in [4.78, 5) is 21.0. The van der Waals surface area contributed by atoms with E-state index in [9.17, 15) is 4.79 Å². The lowest BCUT2D eigenvalue weighted by Crippen LogP contribution is -2.17. The Morgan fingerprint density at radius 2 is 2.14 bits per heavy atom. The van der Waals surface area contributed by atoms with E-state index in [-0.39, 0.29) is 5.56 Å². The van der Waals surface area contributed by atoms with Gasteiger partial charge in [0.2, 0.25) is 0 Å². The lowest BCUT2D eigenvalue weighted by molar-refractivity contribution is 0.0844. The second-order valence-electron chi connectivity index (χ2n) is 5.51. The summed E-state index contributed by atoms with van der Waals surface area (Å²) in [5.41, 5.74) is 3.08. The number of hydrogen-bond donors (Lipinski definition) is 1. The number of nitrogens with one attached hydrogen (secondary N) is 1. The molecule has 3 aromatic heterocycles. The first-order chi connectivity index (χ1) is 10.8. The number of H-pyrrole nitrogens is 1. The van der Waals surface area contributed by atoms with Gasteiger partial charge in [0, 0.05) is 54.9 Å². The van der Waals surface area contributed by atoms with Gasteiger partial charge in [-0.25, -0.2) is 9.50 Å². The maximum absolute atomic E-state index is 12.3. The summed E-state index contributed by atoms with van der Waals surface area (Å²) in [6, 6.07) is 7.24. The number of hydrogen-bond acceptors (Lipinski definition) is 4. The second-order valence-corrected chi connectivity index (χ2v) is 5.51. The number of aromatic nitrogens is 4. The first kappa shape index (κ1) is 13.2. The topological polar surface area (TPSA) is 72.3 Å². The van der Waals surface area contributed by atoms with Crippen LogP contribution in [0.2, 0.25) is 0 Å². The smallest absolute Gasteiger partial charge is 0.273 e. The first-order valence-electron chi connectivity index (χ1n) is 7.42. The van der Waals surface area contributed by atoms with Crippen LogP contribution in [0.3, 0.4) is 0 Å². The van der Waals surface area contributed by atoms with Crippen LogP contribution in [-0.4, -0.2) is 32.8 Å². The van der Waals surface area contributed by atoms with Crippen LogP contribution in [-0.2, 0) is 4.74 Å². The van der Waals surface area contributed by atoms with E-state index in [1.165, 1.54) is 10.6 Å². The third-order valence-corrected chi connectivity index (χ3v) is 4.09. The van der Waals surface area contributed by atoms with E-state index < -0.39 is 0 Å². The van der Waals surface area contributed by atoms with Gasteiger partial charge in [0.05, 0.1) is 5.69 Å². The van der Waals surface area contributed by atoms with E-state index in [4.69, 9.17) is 4.74 Å². The van der Waals surface area contributed by atoms with Gasteiger partial charge in [0.25, 0.3) is 5.56 Å². The van der Waals surface area contributed by atoms with Crippen molar-refractivity contribution >= 4 is 5.65 Å². The fraction of sp³-hybridized carbons (Fsp3) is 0.312. The van der Waals surface area contributed by atoms with Crippen LogP contribution < -0.4 is 5.56 Å². The predicted octanol–water partition coefficient (Wildman–Crippen LogP) is 1.98. The van der Waals surface area contributed by atoms with Crippen molar-refractivity contribution in [3.63, 3.8) is 0 Å². The van der Waals surface area contributed by atoms with Crippen molar-refractivity contribution in [3.8, 4) is 11.3 Å². The normalized spacial score (nSPS) is 16.2. The average molecular weight is 296 g/mol. The van der Waals surface area contributed by atoms with E-state index in [0.717, 1.165) is 37.3 Å². The van der Waals surface area contributed by atoms with Crippen molar-refractivity contribution in [2.24, 2.45) is 0 Å². The molecule has 112 valence electrons. The van der Waals surface area contributed by atoms with Gasteiger partial charge in [-0.1, -0.05) is 0 Å². The van der Waals surface area contributed by atoms with Crippen LogP contribution in [0.1, 0.15) is 24.5 Å². The van der Waals surface area contributed by atoms with E-state index in [2.05, 4.69) is 15.1 Å². The zero-order chi connectivity index (χ0) is 14.9. The van der Waals surface area contributed by atoms with Crippen molar-refractivity contribution < 1.29 is 4.74 Å². The first-order valence-corrected chi connectivity index (χ1v) is 7.42. The van der Waals surface area contributed by atoms with Gasteiger partial charge in [0.1, 0.15) is 0 Å². The highest BCUT2D eigenvalue weighted by Gasteiger charge is 2.19. The molecule has 6 heteroatoms. The zero-order valence-corrected chi connectivity index (χ0v) is 12.0. The molecule has 0 bridgehead atoms. The molecule has 1 fully saturated rings. The summed E-state index contributed by atoms with van der Waals surface area (Å²) in [6.07, 6.45) is 5.35. The van der Waals surface area contributed by atoms with Crippen molar-refractivity contribution in [2.45, 2.75) is 18.8 Å². The van der Waals surface area contributed by atoms with E-state index in [1.54, 1.807) is 12.4 Å². The number of rotatable bonds is 2. The highest BCUT2D eigenvalue weighted by Crippen LogP contribution is 2.26. The summed E-state index contributed by atoms with van der Waals surface area (Å²) in [5, 5.41) is 3.18. The summed E-state index contributed by atoms with van der Waals surface area (Å²) in [5.74, 6) is 0.400. The molecular formula is C16H16N4O2. The maximum atomic E-state index is 12.3. The van der Waals surface area contributed by atoms with E-state index in [1.807, 2.05) is 18.2 Å². The van der Waals surface area contributed by atoms with Gasteiger partial charge in [-0.15, -0.1) is 0 Å². The molecule has 4 rings (SSSR count). The Morgan fingerprint density at radius 3 is 2.91 bits per heavy atom. The number of fused-ring (bicyclic) bond motifs is 1. The lowest BCUT2D eigenvalue weighted by atomic mass is 9.97. The minimum absolute atomic E-state index is 0.109. The summed E-state index contributed by atoms with van der Waals surface area (Å²) in [7, 11) is 0. The molecule has 0 radical (unpaired) electrons. The van der Waals surface area contributed by atoms with Gasteiger partial charge in [-0.3, -0.25) is 14.9 Å². The summed E-state index contributed by atoms with van der Waals surface area (Å²) < 4.78 is 6.90. The Morgan fingerprint density at radius 1 is 1.27 bits per heavy atom. The lowest BCUT2D eigenvalue weighted by Gasteiger charge is -2.20. The minimum atomic E-state index is -0.109. The van der Waals surface area contributed by atoms with Crippen molar-refractivity contribution in [2.75, 3.05) is 13.2 Å². The van der Waals surface area contributed by atoms with Crippen molar-refractivity contribution in [1.29, 1.82) is 0 Å². The monoisotopic (exact) mass is 296 g/mol. The number of ether oxygens (including phenoxy) is 1. The molecule has 1 aliphatic heterocycles. The molecule has 0 atom stereocenters. The summed E-state index contributed by atoms with van der Waals surface area (Å²) >= 11 is 0. The maximum Gasteiger partial charge on any atom is 0.273 e.